The van der Waals surface area contributed by atoms with Gasteiger partial charge in [-0.15, -0.1) is 10.6 Å². The lowest BCUT2D eigenvalue weighted by Crippen LogP contribution is -2.30. The summed E-state index contributed by atoms with van der Waals surface area (Å²) in [4.78, 5) is 12.7. The molecule has 94 valence electrons. The lowest BCUT2D eigenvalue weighted by Gasteiger charge is -1.98. The fourth-order valence-electron chi connectivity index (χ4n) is 0.617. The van der Waals surface area contributed by atoms with E-state index in [2.05, 4.69) is 25.7 Å². The molecule has 0 aromatic rings. The van der Waals surface area contributed by atoms with E-state index < -0.39 is 0 Å². The van der Waals surface area contributed by atoms with Crippen molar-refractivity contribution in [2.24, 2.45) is 5.90 Å². The molecule has 15 heavy (non-hydrogen) atoms. The first-order valence-corrected chi connectivity index (χ1v) is 4.93. The van der Waals surface area contributed by atoms with E-state index in [0.717, 1.165) is 25.8 Å². The van der Waals surface area contributed by atoms with Crippen LogP contribution in [0.3, 0.4) is 0 Å². The number of unbranched alkanes of at least 4 members (excludes halogenated alkanes) is 2. The van der Waals surface area contributed by atoms with Gasteiger partial charge < -0.3 is 9.94 Å². The van der Waals surface area contributed by atoms with Gasteiger partial charge in [-0.05, 0) is 19.3 Å². The number of hydrogen-bond acceptors (Lipinski definition) is 7. The Morgan fingerprint density at radius 1 is 1.27 bits per heavy atom. The molecule has 7 heteroatoms. The van der Waals surface area contributed by atoms with Crippen LogP contribution >= 0.6 is 0 Å². The zero-order valence-corrected chi connectivity index (χ0v) is 9.49. The van der Waals surface area contributed by atoms with Crippen molar-refractivity contribution in [1.29, 1.82) is 0 Å². The maximum absolute atomic E-state index is 8.29. The van der Waals surface area contributed by atoms with Gasteiger partial charge in [0.05, 0.1) is 13.7 Å². The Bertz CT molecular complexity index is 88.0. The van der Waals surface area contributed by atoms with Crippen LogP contribution in [0.5, 0.6) is 0 Å². The van der Waals surface area contributed by atoms with E-state index in [4.69, 9.17) is 11.0 Å². The van der Waals surface area contributed by atoms with Gasteiger partial charge in [0.2, 0.25) is 0 Å². The zero-order valence-electron chi connectivity index (χ0n) is 9.49. The Hall–Kier alpha value is -0.280. The standard InChI is InChI=1S/C5H13NO2.C3H10N2O2/c6-8-5-3-1-2-4-7;1-3-4-5-7-6-2/h7H,1-6H2;4-5H,3H2,1-2H3. The Morgan fingerprint density at radius 3 is 2.47 bits per heavy atom. The second-order valence-corrected chi connectivity index (χ2v) is 2.54. The molecule has 0 unspecified atom stereocenters. The third kappa shape index (κ3) is 24.8. The monoisotopic (exact) mass is 225 g/mol. The molecule has 0 aromatic carbocycles. The second-order valence-electron chi connectivity index (χ2n) is 2.54. The van der Waals surface area contributed by atoms with Crippen molar-refractivity contribution < 1.29 is 19.8 Å². The van der Waals surface area contributed by atoms with Crippen LogP contribution in [0.15, 0.2) is 0 Å². The molecular formula is C8H23N3O4. The Morgan fingerprint density at radius 2 is 2.00 bits per heavy atom. The Balaban J connectivity index is 0. The van der Waals surface area contributed by atoms with Crippen molar-refractivity contribution in [3.05, 3.63) is 0 Å². The number of hydrazine groups is 1. The average molecular weight is 225 g/mol. The minimum atomic E-state index is 0.268. The van der Waals surface area contributed by atoms with E-state index >= 15 is 0 Å². The largest absolute Gasteiger partial charge is 0.396 e. The summed E-state index contributed by atoms with van der Waals surface area (Å²) in [6, 6.07) is 0. The molecule has 0 aliphatic heterocycles. The van der Waals surface area contributed by atoms with Crippen molar-refractivity contribution in [1.82, 2.24) is 11.0 Å². The van der Waals surface area contributed by atoms with Crippen LogP contribution in [0, 0.1) is 0 Å². The van der Waals surface area contributed by atoms with Crippen molar-refractivity contribution in [2.75, 3.05) is 26.9 Å². The van der Waals surface area contributed by atoms with Crippen LogP contribution in [0.4, 0.5) is 0 Å². The molecule has 5 N–H and O–H groups in total. The smallest absolute Gasteiger partial charge is 0.0733 e. The molecular weight excluding hydrogens is 202 g/mol. The lowest BCUT2D eigenvalue weighted by atomic mass is 10.2. The highest BCUT2D eigenvalue weighted by Gasteiger charge is 1.84. The van der Waals surface area contributed by atoms with Gasteiger partial charge >= 0.3 is 0 Å². The predicted molar refractivity (Wildman–Crippen MR) is 56.0 cm³/mol. The van der Waals surface area contributed by atoms with Crippen molar-refractivity contribution in [3.63, 3.8) is 0 Å². The third-order valence-electron chi connectivity index (χ3n) is 1.29. The number of nitrogens with one attached hydrogen (secondary N) is 2. The summed E-state index contributed by atoms with van der Waals surface area (Å²) in [5.74, 6) is 4.75. The summed E-state index contributed by atoms with van der Waals surface area (Å²) in [5, 5.41) is 8.29. The molecule has 0 radical (unpaired) electrons. The number of rotatable bonds is 9. The van der Waals surface area contributed by atoms with E-state index in [-0.39, 0.29) is 6.61 Å². The summed E-state index contributed by atoms with van der Waals surface area (Å²) < 4.78 is 0. The van der Waals surface area contributed by atoms with Crippen LogP contribution in [-0.4, -0.2) is 32.0 Å². The normalized spacial score (nSPS) is 9.60. The van der Waals surface area contributed by atoms with E-state index in [1.807, 2.05) is 6.92 Å². The Kier molecular flexibility index (Phi) is 22.1. The molecule has 0 aliphatic rings. The molecule has 0 saturated heterocycles. The van der Waals surface area contributed by atoms with Gasteiger partial charge in [0, 0.05) is 13.2 Å². The maximum Gasteiger partial charge on any atom is 0.0733 e. The fourth-order valence-corrected chi connectivity index (χ4v) is 0.617. The second kappa shape index (κ2) is 19.3. The minimum absolute atomic E-state index is 0.268. The summed E-state index contributed by atoms with van der Waals surface area (Å²) in [6.07, 6.45) is 2.79. The van der Waals surface area contributed by atoms with Gasteiger partial charge in [0.15, 0.2) is 0 Å². The van der Waals surface area contributed by atoms with Crippen LogP contribution < -0.4 is 16.9 Å². The summed E-state index contributed by atoms with van der Waals surface area (Å²) >= 11 is 0. The molecule has 0 atom stereocenters. The molecule has 7 nitrogen and oxygen atoms in total. The average Bonchev–Trinajstić information content (AvgIpc) is 2.26. The van der Waals surface area contributed by atoms with Crippen LogP contribution in [0.2, 0.25) is 0 Å². The Labute approximate surface area is 90.7 Å². The third-order valence-corrected chi connectivity index (χ3v) is 1.29. The van der Waals surface area contributed by atoms with Gasteiger partial charge in [0.1, 0.15) is 0 Å². The molecule has 0 fully saturated rings. The van der Waals surface area contributed by atoms with E-state index in [9.17, 15) is 0 Å². The summed E-state index contributed by atoms with van der Waals surface area (Å²) in [6.45, 7) is 3.60. The first kappa shape index (κ1) is 17.1. The molecule has 0 saturated carbocycles. The van der Waals surface area contributed by atoms with Gasteiger partial charge in [0.25, 0.3) is 0 Å². The summed E-state index contributed by atoms with van der Waals surface area (Å²) in [5.41, 5.74) is 4.96. The highest BCUT2D eigenvalue weighted by molar-refractivity contribution is 4.36. The van der Waals surface area contributed by atoms with Gasteiger partial charge in [-0.1, -0.05) is 6.92 Å². The predicted octanol–water partition coefficient (Wildman–Crippen LogP) is -0.367. The fraction of sp³-hybridized carbons (Fsp3) is 1.00. The number of aliphatic hydroxyl groups excluding tert-OH is 1. The van der Waals surface area contributed by atoms with Crippen molar-refractivity contribution in [3.8, 4) is 0 Å². The van der Waals surface area contributed by atoms with E-state index in [0.29, 0.717) is 6.61 Å². The first-order chi connectivity index (χ1) is 7.33. The number of aliphatic hydroxyl groups is 1. The lowest BCUT2D eigenvalue weighted by molar-refractivity contribution is -0.326. The van der Waals surface area contributed by atoms with Crippen molar-refractivity contribution >= 4 is 0 Å². The first-order valence-electron chi connectivity index (χ1n) is 4.93. The van der Waals surface area contributed by atoms with Gasteiger partial charge in [-0.2, -0.15) is 0 Å². The molecule has 0 aromatic heterocycles. The highest BCUT2D eigenvalue weighted by Crippen LogP contribution is 1.91. The SMILES string of the molecule is CCNNOOC.NOCCCCCO. The maximum atomic E-state index is 8.29. The topological polar surface area (TPSA) is 98.0 Å². The van der Waals surface area contributed by atoms with Gasteiger partial charge in [-0.3, -0.25) is 0 Å². The van der Waals surface area contributed by atoms with E-state index in [1.165, 1.54) is 7.11 Å². The van der Waals surface area contributed by atoms with Crippen LogP contribution in [-0.2, 0) is 14.7 Å². The molecule has 0 rings (SSSR count). The molecule has 0 heterocycles. The van der Waals surface area contributed by atoms with Crippen molar-refractivity contribution in [2.45, 2.75) is 26.2 Å². The van der Waals surface area contributed by atoms with Crippen LogP contribution in [0.1, 0.15) is 26.2 Å². The minimum Gasteiger partial charge on any atom is -0.396 e. The van der Waals surface area contributed by atoms with E-state index in [1.54, 1.807) is 0 Å². The van der Waals surface area contributed by atoms with Crippen LogP contribution in [0.25, 0.3) is 0 Å². The number of hydrogen-bond donors (Lipinski definition) is 4. The summed E-state index contributed by atoms with van der Waals surface area (Å²) in [7, 11) is 1.42. The molecule has 0 amide bonds. The van der Waals surface area contributed by atoms with Gasteiger partial charge in [-0.25, -0.2) is 16.2 Å². The quantitative estimate of drug-likeness (QED) is 0.241. The number of nitrogens with two attached hydrogens (primary N) is 1. The molecule has 0 spiro atoms. The molecule has 0 bridgehead atoms. The molecule has 0 aliphatic carbocycles. The highest BCUT2D eigenvalue weighted by atomic mass is 17.3. The zero-order chi connectivity index (χ0) is 11.8.